The Labute approximate surface area is 207 Å². The Morgan fingerprint density at radius 1 is 0.914 bits per heavy atom. The van der Waals surface area contributed by atoms with Crippen LogP contribution in [0.4, 0.5) is 23.1 Å². The number of benzene rings is 2. The maximum absolute atomic E-state index is 13.2. The molecule has 0 amide bonds. The molecule has 1 N–H and O–H groups in total. The molecule has 2 aromatic carbocycles. The Bertz CT molecular complexity index is 1230. The van der Waals surface area contributed by atoms with Crippen molar-refractivity contribution in [2.24, 2.45) is 5.41 Å². The number of fused-ring (bicyclic) bond motifs is 1. The van der Waals surface area contributed by atoms with Crippen molar-refractivity contribution in [3.05, 3.63) is 65.4 Å². The van der Waals surface area contributed by atoms with Crippen LogP contribution >= 0.6 is 0 Å². The lowest BCUT2D eigenvalue weighted by Crippen LogP contribution is -2.47. The van der Waals surface area contributed by atoms with Gasteiger partial charge in [-0.15, -0.1) is 0 Å². The number of aryl methyl sites for hydroxylation is 1. The van der Waals surface area contributed by atoms with Crippen molar-refractivity contribution in [2.75, 3.05) is 48.4 Å². The summed E-state index contributed by atoms with van der Waals surface area (Å²) < 4.78 is 5.56. The Hall–Kier alpha value is -3.61. The van der Waals surface area contributed by atoms with E-state index >= 15 is 0 Å². The van der Waals surface area contributed by atoms with E-state index in [0.717, 1.165) is 55.4 Å². The number of carbonyl (C=O) groups is 1. The summed E-state index contributed by atoms with van der Waals surface area (Å²) in [6.07, 6.45) is 1.26. The molecule has 1 aliphatic carbocycles. The predicted octanol–water partition coefficient (Wildman–Crippen LogP) is 5.02. The number of ketones is 1. The van der Waals surface area contributed by atoms with Crippen LogP contribution in [-0.4, -0.2) is 49.0 Å². The summed E-state index contributed by atoms with van der Waals surface area (Å²) in [5, 5.41) is 3.42. The zero-order valence-electron chi connectivity index (χ0n) is 21.0. The topological polar surface area (TPSA) is 70.6 Å². The van der Waals surface area contributed by atoms with Gasteiger partial charge in [0.1, 0.15) is 11.6 Å². The summed E-state index contributed by atoms with van der Waals surface area (Å²) in [5.74, 6) is 2.29. The molecule has 1 aromatic heterocycles. The van der Waals surface area contributed by atoms with Crippen molar-refractivity contribution in [3.8, 4) is 5.75 Å². The van der Waals surface area contributed by atoms with Gasteiger partial charge in [0.2, 0.25) is 5.95 Å². The molecule has 0 radical (unpaired) electrons. The number of ether oxygens (including phenoxy) is 1. The number of carbonyl (C=O) groups excluding carboxylic acids is 1. The largest absolute Gasteiger partial charge is 0.495 e. The van der Waals surface area contributed by atoms with Crippen molar-refractivity contribution < 1.29 is 9.53 Å². The van der Waals surface area contributed by atoms with Gasteiger partial charge in [-0.2, -0.15) is 4.98 Å². The number of rotatable bonds is 5. The van der Waals surface area contributed by atoms with Crippen molar-refractivity contribution in [3.63, 3.8) is 0 Å². The van der Waals surface area contributed by atoms with Gasteiger partial charge < -0.3 is 19.9 Å². The monoisotopic (exact) mass is 471 g/mol. The fourth-order valence-corrected chi connectivity index (χ4v) is 5.00. The molecule has 2 heterocycles. The molecule has 182 valence electrons. The van der Waals surface area contributed by atoms with Gasteiger partial charge in [-0.25, -0.2) is 4.98 Å². The van der Waals surface area contributed by atoms with Crippen molar-refractivity contribution in [2.45, 2.75) is 33.6 Å². The summed E-state index contributed by atoms with van der Waals surface area (Å²) in [6.45, 7) is 9.59. The van der Waals surface area contributed by atoms with Gasteiger partial charge in [0.05, 0.1) is 24.1 Å². The van der Waals surface area contributed by atoms with E-state index in [1.165, 1.54) is 5.56 Å². The van der Waals surface area contributed by atoms with Gasteiger partial charge in [-0.3, -0.25) is 4.79 Å². The van der Waals surface area contributed by atoms with E-state index in [1.807, 2.05) is 30.3 Å². The standard InChI is InChI=1S/C28H33N5O2/c1-19-9-11-20(12-10-19)29-26-25-21(17-28(2,3)18-23(25)34)30-27(31-26)33-15-13-32(14-16-33)22-7-5-6-8-24(22)35-4/h5-12H,13-18H2,1-4H3,(H,29,30,31). The fourth-order valence-electron chi connectivity index (χ4n) is 5.00. The van der Waals surface area contributed by atoms with Crippen LogP contribution in [0.5, 0.6) is 5.75 Å². The van der Waals surface area contributed by atoms with Gasteiger partial charge in [0.15, 0.2) is 5.78 Å². The van der Waals surface area contributed by atoms with Gasteiger partial charge in [-0.1, -0.05) is 43.7 Å². The Balaban J connectivity index is 1.44. The molecule has 35 heavy (non-hydrogen) atoms. The minimum atomic E-state index is -0.112. The highest BCUT2D eigenvalue weighted by atomic mass is 16.5. The van der Waals surface area contributed by atoms with Crippen molar-refractivity contribution >= 4 is 28.9 Å². The van der Waals surface area contributed by atoms with Gasteiger partial charge in [-0.05, 0) is 43.0 Å². The van der Waals surface area contributed by atoms with Crippen LogP contribution in [0.2, 0.25) is 0 Å². The quantitative estimate of drug-likeness (QED) is 0.560. The first-order valence-electron chi connectivity index (χ1n) is 12.2. The van der Waals surface area contributed by atoms with Crippen LogP contribution < -0.4 is 19.9 Å². The van der Waals surface area contributed by atoms with E-state index < -0.39 is 0 Å². The Kier molecular flexibility index (Phi) is 6.09. The molecule has 0 saturated carbocycles. The number of Topliss-reactive ketones (excluding diaryl/α,β-unsaturated/α-hetero) is 1. The highest BCUT2D eigenvalue weighted by Gasteiger charge is 2.35. The maximum atomic E-state index is 13.2. The van der Waals surface area contributed by atoms with Gasteiger partial charge in [0, 0.05) is 38.3 Å². The molecule has 1 fully saturated rings. The van der Waals surface area contributed by atoms with E-state index in [4.69, 9.17) is 14.7 Å². The first-order chi connectivity index (χ1) is 16.8. The molecule has 7 nitrogen and oxygen atoms in total. The molecule has 7 heteroatoms. The van der Waals surface area contributed by atoms with Crippen LogP contribution in [0.15, 0.2) is 48.5 Å². The number of aromatic nitrogens is 2. The van der Waals surface area contributed by atoms with E-state index in [-0.39, 0.29) is 11.2 Å². The van der Waals surface area contributed by atoms with E-state index in [2.05, 4.69) is 54.1 Å². The van der Waals surface area contributed by atoms with E-state index in [0.29, 0.717) is 23.8 Å². The number of para-hydroxylation sites is 2. The highest BCUT2D eigenvalue weighted by Crippen LogP contribution is 2.38. The SMILES string of the molecule is COc1ccccc1N1CCN(c2nc3c(c(Nc4ccc(C)cc4)n2)C(=O)CC(C)(C)C3)CC1. The number of piperazine rings is 1. The van der Waals surface area contributed by atoms with Gasteiger partial charge in [0.25, 0.3) is 0 Å². The van der Waals surface area contributed by atoms with Crippen LogP contribution in [0, 0.1) is 12.3 Å². The third kappa shape index (κ3) is 4.81. The fraction of sp³-hybridized carbons (Fsp3) is 0.393. The molecule has 1 aliphatic heterocycles. The van der Waals surface area contributed by atoms with E-state index in [9.17, 15) is 4.79 Å². The molecule has 0 bridgehead atoms. The number of anilines is 4. The highest BCUT2D eigenvalue weighted by molar-refractivity contribution is 6.03. The van der Waals surface area contributed by atoms with Crippen molar-refractivity contribution in [1.29, 1.82) is 0 Å². The first kappa shape index (κ1) is 23.1. The number of methoxy groups -OCH3 is 1. The zero-order valence-corrected chi connectivity index (χ0v) is 21.0. The maximum Gasteiger partial charge on any atom is 0.227 e. The Morgan fingerprint density at radius 3 is 2.31 bits per heavy atom. The second-order valence-electron chi connectivity index (χ2n) is 10.3. The molecule has 0 spiro atoms. The number of hydrogen-bond acceptors (Lipinski definition) is 7. The van der Waals surface area contributed by atoms with Gasteiger partial charge >= 0.3 is 0 Å². The molecule has 5 rings (SSSR count). The molecule has 2 aliphatic rings. The average Bonchev–Trinajstić information content (AvgIpc) is 2.84. The van der Waals surface area contributed by atoms with Crippen LogP contribution in [-0.2, 0) is 6.42 Å². The number of hydrogen-bond donors (Lipinski definition) is 1. The number of nitrogens with one attached hydrogen (secondary N) is 1. The van der Waals surface area contributed by atoms with Crippen LogP contribution in [0.25, 0.3) is 0 Å². The normalized spacial score (nSPS) is 17.2. The molecule has 1 saturated heterocycles. The minimum Gasteiger partial charge on any atom is -0.495 e. The third-order valence-corrected chi connectivity index (χ3v) is 6.84. The second-order valence-corrected chi connectivity index (χ2v) is 10.3. The molecule has 3 aromatic rings. The first-order valence-corrected chi connectivity index (χ1v) is 12.2. The lowest BCUT2D eigenvalue weighted by atomic mass is 9.75. The summed E-state index contributed by atoms with van der Waals surface area (Å²) in [7, 11) is 1.71. The summed E-state index contributed by atoms with van der Waals surface area (Å²) in [4.78, 5) is 27.6. The summed E-state index contributed by atoms with van der Waals surface area (Å²) >= 11 is 0. The molecular weight excluding hydrogens is 438 g/mol. The van der Waals surface area contributed by atoms with Crippen LogP contribution in [0.1, 0.15) is 41.9 Å². The third-order valence-electron chi connectivity index (χ3n) is 6.84. The number of nitrogens with zero attached hydrogens (tertiary/aromatic N) is 4. The lowest BCUT2D eigenvalue weighted by Gasteiger charge is -2.37. The smallest absolute Gasteiger partial charge is 0.227 e. The minimum absolute atomic E-state index is 0.110. The van der Waals surface area contributed by atoms with E-state index in [1.54, 1.807) is 7.11 Å². The predicted molar refractivity (Wildman–Crippen MR) is 140 cm³/mol. The molecule has 0 unspecified atom stereocenters. The van der Waals surface area contributed by atoms with Crippen LogP contribution in [0.3, 0.4) is 0 Å². The summed E-state index contributed by atoms with van der Waals surface area (Å²) in [5.41, 5.74) is 4.58. The molecule has 0 atom stereocenters. The second kappa shape index (κ2) is 9.21. The summed E-state index contributed by atoms with van der Waals surface area (Å²) in [6, 6.07) is 16.3. The average molecular weight is 472 g/mol. The lowest BCUT2D eigenvalue weighted by molar-refractivity contribution is 0.0911. The van der Waals surface area contributed by atoms with Crippen molar-refractivity contribution in [1.82, 2.24) is 9.97 Å². The molecular formula is C28H33N5O2. The Morgan fingerprint density at radius 2 is 1.60 bits per heavy atom. The zero-order chi connectivity index (χ0) is 24.6.